The summed E-state index contributed by atoms with van der Waals surface area (Å²) in [7, 11) is 0. The summed E-state index contributed by atoms with van der Waals surface area (Å²) in [5.41, 5.74) is 1.38. The Labute approximate surface area is 161 Å². The molecule has 0 bridgehead atoms. The monoisotopic (exact) mass is 429 g/mol. The molecule has 0 spiro atoms. The molecule has 1 fully saturated rings. The molecule has 6 nitrogen and oxygen atoms in total. The van der Waals surface area contributed by atoms with Crippen molar-refractivity contribution in [1.82, 2.24) is 15.4 Å². The van der Waals surface area contributed by atoms with Crippen molar-refractivity contribution >= 4 is 34.2 Å². The number of halogens is 2. The molecule has 1 aliphatic rings. The average molecular weight is 431 g/mol. The molecule has 1 atom stereocenters. The molecule has 2 aromatic rings. The molecule has 0 unspecified atom stereocenters. The fourth-order valence-corrected chi connectivity index (χ4v) is 3.19. The van der Waals surface area contributed by atoms with Gasteiger partial charge in [0.1, 0.15) is 23.8 Å². The first kappa shape index (κ1) is 19.8. The summed E-state index contributed by atoms with van der Waals surface area (Å²) in [4.78, 5) is 14.6. The molecule has 1 aromatic carbocycles. The molecular formula is C17H21BrClN3O3. The lowest BCUT2D eigenvalue weighted by molar-refractivity contribution is 0.0655. The molecule has 1 saturated heterocycles. The van der Waals surface area contributed by atoms with Crippen LogP contribution in [0.15, 0.2) is 33.3 Å². The van der Waals surface area contributed by atoms with Gasteiger partial charge < -0.3 is 19.5 Å². The lowest BCUT2D eigenvalue weighted by Crippen LogP contribution is -2.52. The number of rotatable bonds is 4. The molecule has 3 rings (SSSR count). The standard InChI is InChI=1S/C17H20BrN3O3.ClH/c1-11-9-19-5-6-21(11)17(22)13-3-4-16(15(18)8-13)23-10-14-7-12(2)24-20-14;/h3-4,7-8,11,19H,5-6,9-10H2,1-2H3;1H/t11-;/m0./s1. The lowest BCUT2D eigenvalue weighted by Gasteiger charge is -2.34. The SMILES string of the molecule is Cc1cc(COc2ccc(C(=O)N3CCNC[C@@H]3C)cc2Br)no1.Cl. The summed E-state index contributed by atoms with van der Waals surface area (Å²) in [5.74, 6) is 1.46. The van der Waals surface area contributed by atoms with Gasteiger partial charge in [0, 0.05) is 37.3 Å². The predicted molar refractivity (Wildman–Crippen MR) is 100 cm³/mol. The minimum Gasteiger partial charge on any atom is -0.486 e. The van der Waals surface area contributed by atoms with Crippen LogP contribution in [0, 0.1) is 6.92 Å². The number of nitrogens with one attached hydrogen (secondary N) is 1. The third-order valence-corrected chi connectivity index (χ3v) is 4.61. The Kier molecular flexibility index (Phi) is 6.87. The molecule has 8 heteroatoms. The van der Waals surface area contributed by atoms with Gasteiger partial charge in [-0.25, -0.2) is 0 Å². The first-order chi connectivity index (χ1) is 11.5. The van der Waals surface area contributed by atoms with Gasteiger partial charge in [-0.05, 0) is 48.0 Å². The van der Waals surface area contributed by atoms with E-state index in [4.69, 9.17) is 9.26 Å². The maximum Gasteiger partial charge on any atom is 0.254 e. The van der Waals surface area contributed by atoms with E-state index in [-0.39, 0.29) is 24.4 Å². The summed E-state index contributed by atoms with van der Waals surface area (Å²) in [6.07, 6.45) is 0. The van der Waals surface area contributed by atoms with Crippen LogP contribution >= 0.6 is 28.3 Å². The number of carbonyl (C=O) groups is 1. The highest BCUT2D eigenvalue weighted by molar-refractivity contribution is 9.10. The Hall–Kier alpha value is -1.57. The van der Waals surface area contributed by atoms with E-state index in [0.717, 1.165) is 35.6 Å². The summed E-state index contributed by atoms with van der Waals surface area (Å²) >= 11 is 3.48. The van der Waals surface area contributed by atoms with E-state index in [1.54, 1.807) is 18.2 Å². The Bertz CT molecular complexity index is 738. The maximum absolute atomic E-state index is 12.7. The smallest absolute Gasteiger partial charge is 0.254 e. The zero-order chi connectivity index (χ0) is 17.1. The van der Waals surface area contributed by atoms with Crippen molar-refractivity contribution in [2.75, 3.05) is 19.6 Å². The fraction of sp³-hybridized carbons (Fsp3) is 0.412. The molecule has 25 heavy (non-hydrogen) atoms. The molecule has 0 aliphatic carbocycles. The number of nitrogens with zero attached hydrogens (tertiary/aromatic N) is 2. The first-order valence-electron chi connectivity index (χ1n) is 7.91. The normalized spacial score (nSPS) is 17.1. The van der Waals surface area contributed by atoms with Gasteiger partial charge >= 0.3 is 0 Å². The molecule has 1 amide bonds. The predicted octanol–water partition coefficient (Wildman–Crippen LogP) is 3.18. The van der Waals surface area contributed by atoms with Crippen LogP contribution in [0.4, 0.5) is 0 Å². The summed E-state index contributed by atoms with van der Waals surface area (Å²) in [6, 6.07) is 7.43. The van der Waals surface area contributed by atoms with Gasteiger partial charge in [-0.15, -0.1) is 12.4 Å². The number of aryl methyl sites for hydroxylation is 1. The van der Waals surface area contributed by atoms with Gasteiger partial charge in [0.2, 0.25) is 0 Å². The number of hydrogen-bond acceptors (Lipinski definition) is 5. The quantitative estimate of drug-likeness (QED) is 0.807. The zero-order valence-electron chi connectivity index (χ0n) is 14.1. The van der Waals surface area contributed by atoms with Crippen molar-refractivity contribution in [3.05, 3.63) is 45.8 Å². The first-order valence-corrected chi connectivity index (χ1v) is 8.70. The Morgan fingerprint density at radius 2 is 2.28 bits per heavy atom. The highest BCUT2D eigenvalue weighted by Gasteiger charge is 2.24. The lowest BCUT2D eigenvalue weighted by atomic mass is 10.1. The number of aromatic nitrogens is 1. The molecule has 0 radical (unpaired) electrons. The number of amides is 1. The average Bonchev–Trinajstić information content (AvgIpc) is 2.99. The summed E-state index contributed by atoms with van der Waals surface area (Å²) in [5, 5.41) is 7.18. The largest absolute Gasteiger partial charge is 0.486 e. The van der Waals surface area contributed by atoms with Crippen LogP contribution in [-0.4, -0.2) is 41.6 Å². The van der Waals surface area contributed by atoms with Crippen molar-refractivity contribution in [2.24, 2.45) is 0 Å². The Morgan fingerprint density at radius 1 is 1.48 bits per heavy atom. The topological polar surface area (TPSA) is 67.6 Å². The van der Waals surface area contributed by atoms with E-state index >= 15 is 0 Å². The van der Waals surface area contributed by atoms with Crippen LogP contribution in [-0.2, 0) is 6.61 Å². The van der Waals surface area contributed by atoms with Gasteiger partial charge in [-0.1, -0.05) is 5.16 Å². The van der Waals surface area contributed by atoms with Crippen LogP contribution in [0.2, 0.25) is 0 Å². The second kappa shape index (κ2) is 8.69. The van der Waals surface area contributed by atoms with Gasteiger partial charge in [0.05, 0.1) is 4.47 Å². The number of carbonyl (C=O) groups excluding carboxylic acids is 1. The van der Waals surface area contributed by atoms with Crippen LogP contribution in [0.25, 0.3) is 0 Å². The van der Waals surface area contributed by atoms with E-state index in [1.807, 2.05) is 17.9 Å². The Balaban J connectivity index is 0.00000225. The Morgan fingerprint density at radius 3 is 2.92 bits per heavy atom. The second-order valence-electron chi connectivity index (χ2n) is 5.91. The number of piperazine rings is 1. The van der Waals surface area contributed by atoms with E-state index in [0.29, 0.717) is 17.9 Å². The van der Waals surface area contributed by atoms with Gasteiger partial charge in [-0.2, -0.15) is 0 Å². The van der Waals surface area contributed by atoms with E-state index in [2.05, 4.69) is 33.3 Å². The van der Waals surface area contributed by atoms with Crippen LogP contribution < -0.4 is 10.1 Å². The van der Waals surface area contributed by atoms with Gasteiger partial charge in [0.25, 0.3) is 5.91 Å². The van der Waals surface area contributed by atoms with Gasteiger partial charge in [-0.3, -0.25) is 4.79 Å². The highest BCUT2D eigenvalue weighted by Crippen LogP contribution is 2.27. The van der Waals surface area contributed by atoms with Crippen molar-refractivity contribution < 1.29 is 14.1 Å². The molecule has 2 heterocycles. The third kappa shape index (κ3) is 4.74. The van der Waals surface area contributed by atoms with Crippen molar-refractivity contribution in [3.8, 4) is 5.75 Å². The third-order valence-electron chi connectivity index (χ3n) is 3.99. The minimum atomic E-state index is 0. The molecular weight excluding hydrogens is 410 g/mol. The molecule has 1 aromatic heterocycles. The zero-order valence-corrected chi connectivity index (χ0v) is 16.5. The van der Waals surface area contributed by atoms with Crippen LogP contribution in [0.3, 0.4) is 0 Å². The van der Waals surface area contributed by atoms with Gasteiger partial charge in [0.15, 0.2) is 0 Å². The molecule has 1 aliphatic heterocycles. The highest BCUT2D eigenvalue weighted by atomic mass is 79.9. The van der Waals surface area contributed by atoms with E-state index in [9.17, 15) is 4.79 Å². The molecule has 136 valence electrons. The number of hydrogen-bond donors (Lipinski definition) is 1. The molecule has 0 saturated carbocycles. The molecule has 1 N–H and O–H groups in total. The summed E-state index contributed by atoms with van der Waals surface area (Å²) in [6.45, 7) is 6.58. The van der Waals surface area contributed by atoms with Crippen molar-refractivity contribution in [3.63, 3.8) is 0 Å². The maximum atomic E-state index is 12.7. The number of benzene rings is 1. The van der Waals surface area contributed by atoms with Crippen LogP contribution in [0.1, 0.15) is 28.7 Å². The number of ether oxygens (including phenoxy) is 1. The second-order valence-corrected chi connectivity index (χ2v) is 6.77. The fourth-order valence-electron chi connectivity index (χ4n) is 2.70. The van der Waals surface area contributed by atoms with Crippen LogP contribution in [0.5, 0.6) is 5.75 Å². The van der Waals surface area contributed by atoms with Crippen molar-refractivity contribution in [2.45, 2.75) is 26.5 Å². The minimum absolute atomic E-state index is 0. The van der Waals surface area contributed by atoms with E-state index < -0.39 is 0 Å². The van der Waals surface area contributed by atoms with Crippen molar-refractivity contribution in [1.29, 1.82) is 0 Å². The van der Waals surface area contributed by atoms with E-state index in [1.165, 1.54) is 0 Å². The summed E-state index contributed by atoms with van der Waals surface area (Å²) < 4.78 is 11.5.